The number of aliphatic imine (C=N–C) groups is 2. The van der Waals surface area contributed by atoms with Gasteiger partial charge in [0.2, 0.25) is 11.5 Å². The molecule has 1 saturated heterocycles. The van der Waals surface area contributed by atoms with E-state index in [9.17, 15) is 39.3 Å². The number of aliphatic hydroxyl groups is 2. The van der Waals surface area contributed by atoms with Crippen molar-refractivity contribution in [1.29, 1.82) is 0 Å². The molecule has 0 saturated carbocycles. The van der Waals surface area contributed by atoms with E-state index >= 15 is 0 Å². The highest BCUT2D eigenvalue weighted by molar-refractivity contribution is 5.87. The standard InChI is InChI=1S/C25H38N4O12.C24H39N3O11/c1-4-6-34-8-10-36-12-13-37-11-9-35-7-5-28-24(31)41-21(19-15-38-25(32)40-19)20-16(2)17(29-23(26)27)14-18(39-20)22(30)33-3;1-3-6-33-8-10-35-12-13-36-11-9-34-7-4-5-20(29)37-15-18(28)21(30)22-16(2)17(27-24(25)26)14-19(38-22)23(31)32/h1,14,16-17,19-21H,5-13,15H2,2-3H3,(H,28,31)(H4,26,27,29);1,14,16-18,21-22,28,30H,4-13,15H2,2H3,(H,31,32)(H4,25,26,27)/t16-,17+,19-,20-,21-;16-,17+,18-,21-,22-/m11/s1. The number of guanidine groups is 2. The number of carboxylic acid groups (broad SMARTS) is 1. The second kappa shape index (κ2) is 40.5. The van der Waals surface area contributed by atoms with Crippen LogP contribution in [0.4, 0.5) is 9.59 Å². The third-order valence-corrected chi connectivity index (χ3v) is 11.0. The molecule has 30 heteroatoms. The number of rotatable bonds is 38. The lowest BCUT2D eigenvalue weighted by atomic mass is 9.87. The van der Waals surface area contributed by atoms with Crippen molar-refractivity contribution in [2.24, 2.45) is 44.8 Å². The van der Waals surface area contributed by atoms with E-state index in [1.165, 1.54) is 19.3 Å². The fourth-order valence-electron chi connectivity index (χ4n) is 7.05. The van der Waals surface area contributed by atoms with Gasteiger partial charge in [-0.3, -0.25) is 4.79 Å². The highest BCUT2D eigenvalue weighted by Gasteiger charge is 2.48. The van der Waals surface area contributed by atoms with Crippen LogP contribution in [0.5, 0.6) is 0 Å². The summed E-state index contributed by atoms with van der Waals surface area (Å²) in [4.78, 5) is 67.9. The fraction of sp³-hybridized carbons (Fsp3) is 0.694. The first-order valence-corrected chi connectivity index (χ1v) is 25.0. The number of methoxy groups -OCH3 is 1. The monoisotopic (exact) mass is 1130 g/mol. The number of nitrogens with one attached hydrogen (secondary N) is 1. The molecule has 3 aliphatic rings. The molecule has 0 spiro atoms. The molecule has 79 heavy (non-hydrogen) atoms. The van der Waals surface area contributed by atoms with Gasteiger partial charge >= 0.3 is 30.2 Å². The SMILES string of the molecule is C#CCOCCOCCOCCOCCCC(=O)OC[C@@H](O)[C@@H](O)[C@@H]1OC(C(=O)O)=C[C@H](N=C(N)N)[C@H]1C.C#CCOCCOCCOCCOCCNC(=O)O[C@@H]([C@@H]1OC(C(=O)OC)=C[C@H](N=C(N)N)[C@H]1C)[C@H]1COC(=O)O1. The number of hydrogen-bond donors (Lipinski definition) is 8. The molecule has 0 aromatic carbocycles. The normalized spacial score (nSPS) is 21.3. The van der Waals surface area contributed by atoms with Crippen LogP contribution in [0.2, 0.25) is 0 Å². The highest BCUT2D eigenvalue weighted by atomic mass is 16.8. The molecule has 0 aromatic heterocycles. The number of carbonyl (C=O) groups excluding carboxylic acids is 4. The molecular weight excluding hydrogens is 1050 g/mol. The number of amides is 1. The number of carboxylic acids is 1. The maximum absolute atomic E-state index is 12.6. The molecule has 30 nitrogen and oxygen atoms in total. The molecule has 0 unspecified atom stereocenters. The van der Waals surface area contributed by atoms with E-state index in [4.69, 9.17) is 107 Å². The van der Waals surface area contributed by atoms with Crippen LogP contribution in [0, 0.1) is 36.5 Å². The molecule has 446 valence electrons. The summed E-state index contributed by atoms with van der Waals surface area (Å²) >= 11 is 0. The Hall–Kier alpha value is -6.71. The van der Waals surface area contributed by atoms with Crippen molar-refractivity contribution in [2.75, 3.05) is 133 Å². The number of aliphatic hydroxyl groups excluding tert-OH is 2. The van der Waals surface area contributed by atoms with Gasteiger partial charge in [-0.15, -0.1) is 12.8 Å². The maximum Gasteiger partial charge on any atom is 0.508 e. The van der Waals surface area contributed by atoms with Crippen LogP contribution in [0.3, 0.4) is 0 Å². The zero-order valence-electron chi connectivity index (χ0n) is 44.6. The Kier molecular flexibility index (Phi) is 35.0. The van der Waals surface area contributed by atoms with Crippen LogP contribution < -0.4 is 28.3 Å². The first-order valence-electron chi connectivity index (χ1n) is 25.0. The smallest absolute Gasteiger partial charge is 0.480 e. The Morgan fingerprint density at radius 2 is 1.18 bits per heavy atom. The summed E-state index contributed by atoms with van der Waals surface area (Å²) in [5, 5.41) is 32.7. The van der Waals surface area contributed by atoms with Crippen LogP contribution in [0.1, 0.15) is 26.7 Å². The number of carbonyl (C=O) groups is 5. The zero-order valence-corrected chi connectivity index (χ0v) is 44.6. The molecular formula is C49H77N7O23. The number of cyclic esters (lactones) is 2. The quantitative estimate of drug-likeness (QED) is 0.00786. The molecule has 12 N–H and O–H groups in total. The number of esters is 2. The van der Waals surface area contributed by atoms with E-state index in [-0.39, 0.29) is 57.1 Å². The van der Waals surface area contributed by atoms with Gasteiger partial charge in [-0.1, -0.05) is 25.7 Å². The van der Waals surface area contributed by atoms with Crippen LogP contribution in [0.15, 0.2) is 33.7 Å². The number of nitrogens with zero attached hydrogens (tertiary/aromatic N) is 2. The zero-order chi connectivity index (χ0) is 58.4. The van der Waals surface area contributed by atoms with Crippen molar-refractivity contribution in [3.63, 3.8) is 0 Å². The fourth-order valence-corrected chi connectivity index (χ4v) is 7.05. The van der Waals surface area contributed by atoms with E-state index in [1.54, 1.807) is 13.8 Å². The van der Waals surface area contributed by atoms with E-state index in [0.29, 0.717) is 92.3 Å². The van der Waals surface area contributed by atoms with Gasteiger partial charge in [-0.2, -0.15) is 0 Å². The molecule has 0 aliphatic carbocycles. The molecule has 0 aromatic rings. The number of hydrogen-bond acceptors (Lipinski definition) is 24. The molecule has 0 bridgehead atoms. The number of ether oxygens (including phenoxy) is 15. The topological polar surface area (TPSA) is 425 Å². The lowest BCUT2D eigenvalue weighted by Gasteiger charge is -2.38. The van der Waals surface area contributed by atoms with Gasteiger partial charge in [0.25, 0.3) is 0 Å². The molecule has 3 heterocycles. The lowest BCUT2D eigenvalue weighted by molar-refractivity contribution is -0.157. The van der Waals surface area contributed by atoms with Crippen molar-refractivity contribution in [3.05, 3.63) is 23.7 Å². The van der Waals surface area contributed by atoms with Crippen LogP contribution in [0.25, 0.3) is 0 Å². The summed E-state index contributed by atoms with van der Waals surface area (Å²) in [6.45, 7) is 8.38. The number of nitrogens with two attached hydrogens (primary N) is 4. The van der Waals surface area contributed by atoms with Gasteiger partial charge in [0.1, 0.15) is 50.8 Å². The minimum Gasteiger partial charge on any atom is -0.480 e. The Morgan fingerprint density at radius 1 is 0.709 bits per heavy atom. The first-order chi connectivity index (χ1) is 37.9. The molecule has 3 rings (SSSR count). The van der Waals surface area contributed by atoms with Crippen molar-refractivity contribution in [1.82, 2.24) is 5.32 Å². The number of terminal acetylenes is 2. The van der Waals surface area contributed by atoms with Crippen LogP contribution in [-0.4, -0.2) is 239 Å². The third-order valence-electron chi connectivity index (χ3n) is 11.0. The molecule has 3 aliphatic heterocycles. The Bertz CT molecular complexity index is 2040. The average Bonchev–Trinajstić information content (AvgIpc) is 3.89. The predicted molar refractivity (Wildman–Crippen MR) is 274 cm³/mol. The molecule has 1 fully saturated rings. The lowest BCUT2D eigenvalue weighted by Crippen LogP contribution is -2.52. The van der Waals surface area contributed by atoms with Crippen molar-refractivity contribution < 1.29 is 110 Å². The van der Waals surface area contributed by atoms with Crippen LogP contribution >= 0.6 is 0 Å². The Balaban J connectivity index is 0.000000542. The van der Waals surface area contributed by atoms with Gasteiger partial charge in [0, 0.05) is 31.4 Å². The van der Waals surface area contributed by atoms with Gasteiger partial charge in [-0.05, 0) is 18.6 Å². The van der Waals surface area contributed by atoms with Gasteiger partial charge in [0.15, 0.2) is 24.1 Å². The van der Waals surface area contributed by atoms with Crippen molar-refractivity contribution in [3.8, 4) is 24.7 Å². The summed E-state index contributed by atoms with van der Waals surface area (Å²) in [6.07, 6.45) is 3.87. The van der Waals surface area contributed by atoms with Gasteiger partial charge in [-0.25, -0.2) is 29.2 Å². The summed E-state index contributed by atoms with van der Waals surface area (Å²) in [7, 11) is 1.17. The minimum absolute atomic E-state index is 0.0358. The number of alkyl carbamates (subject to hydrolysis) is 1. The molecule has 0 radical (unpaired) electrons. The van der Waals surface area contributed by atoms with E-state index in [1.807, 2.05) is 0 Å². The van der Waals surface area contributed by atoms with E-state index < -0.39 is 103 Å². The van der Waals surface area contributed by atoms with Crippen molar-refractivity contribution >= 4 is 42.1 Å². The van der Waals surface area contributed by atoms with Gasteiger partial charge < -0.3 is 115 Å². The summed E-state index contributed by atoms with van der Waals surface area (Å²) in [5.41, 5.74) is 21.9. The molecule has 10 atom stereocenters. The summed E-state index contributed by atoms with van der Waals surface area (Å²) in [5.74, 6) is -0.323. The van der Waals surface area contributed by atoms with E-state index in [0.717, 1.165) is 0 Å². The Morgan fingerprint density at radius 3 is 1.65 bits per heavy atom. The second-order valence-corrected chi connectivity index (χ2v) is 16.9. The minimum atomic E-state index is -1.58. The third kappa shape index (κ3) is 28.7. The first kappa shape index (κ1) is 68.4. The second-order valence-electron chi connectivity index (χ2n) is 16.9. The van der Waals surface area contributed by atoms with Gasteiger partial charge in [0.05, 0.1) is 105 Å². The highest BCUT2D eigenvalue weighted by Crippen LogP contribution is 2.33. The van der Waals surface area contributed by atoms with Crippen LogP contribution in [-0.2, 0) is 85.4 Å². The van der Waals surface area contributed by atoms with E-state index in [2.05, 4.69) is 27.1 Å². The summed E-state index contributed by atoms with van der Waals surface area (Å²) < 4.78 is 78.8. The average molecular weight is 1130 g/mol. The largest absolute Gasteiger partial charge is 0.508 e. The number of aliphatic carboxylic acids is 1. The summed E-state index contributed by atoms with van der Waals surface area (Å²) in [6, 6.07) is -1.52. The predicted octanol–water partition coefficient (Wildman–Crippen LogP) is -2.57. The maximum atomic E-state index is 12.6. The Labute approximate surface area is 457 Å². The van der Waals surface area contributed by atoms with Crippen molar-refractivity contribution in [2.45, 2.75) is 75.4 Å². The molecule has 1 amide bonds.